The summed E-state index contributed by atoms with van der Waals surface area (Å²) in [5.74, 6) is -16.5. The van der Waals surface area contributed by atoms with E-state index in [1.165, 1.54) is 0 Å². The highest BCUT2D eigenvalue weighted by molar-refractivity contribution is 8.46. The molecular formula is C4F14S. The topological polar surface area (TPSA) is 0 Å². The van der Waals surface area contributed by atoms with Crippen molar-refractivity contribution in [2.24, 2.45) is 0 Å². The lowest BCUT2D eigenvalue weighted by Gasteiger charge is -2.49. The average molecular weight is 346 g/mol. The zero-order valence-corrected chi connectivity index (χ0v) is 8.52. The molecule has 0 amide bonds. The van der Waals surface area contributed by atoms with Crippen LogP contribution in [-0.4, -0.2) is 23.3 Å². The Bertz CT molecular complexity index is 365. The normalized spacial score (nSPS) is 19.9. The summed E-state index contributed by atoms with van der Waals surface area (Å²) in [7, 11) is -12.7. The first kappa shape index (κ1) is 18.4. The van der Waals surface area contributed by atoms with Crippen molar-refractivity contribution in [1.82, 2.24) is 0 Å². The smallest absolute Gasteiger partial charge is 0.191 e. The molecule has 0 unspecified atom stereocenters. The summed E-state index contributed by atoms with van der Waals surface area (Å²) >= 11 is 0. The maximum atomic E-state index is 12.1. The SMILES string of the molecule is FC(F)(F)C(F)(F)C(F)(F)C(F)(F)S(F)(F)(F)(F)F. The first-order valence-corrected chi connectivity index (χ1v) is 5.38. The molecule has 0 heterocycles. The molecule has 0 nitrogen and oxygen atoms in total. The van der Waals surface area contributed by atoms with Crippen LogP contribution in [0.3, 0.4) is 0 Å². The first-order valence-electron chi connectivity index (χ1n) is 3.43. The lowest BCUT2D eigenvalue weighted by Crippen LogP contribution is -2.63. The molecule has 0 spiro atoms. The zero-order valence-electron chi connectivity index (χ0n) is 7.70. The van der Waals surface area contributed by atoms with Gasteiger partial charge in [0.05, 0.1) is 0 Å². The summed E-state index contributed by atoms with van der Waals surface area (Å²) < 4.78 is 163. The van der Waals surface area contributed by atoms with Crippen molar-refractivity contribution in [1.29, 1.82) is 0 Å². The van der Waals surface area contributed by atoms with Crippen molar-refractivity contribution in [3.8, 4) is 0 Å². The van der Waals surface area contributed by atoms with Crippen molar-refractivity contribution >= 4 is 10.2 Å². The van der Waals surface area contributed by atoms with Crippen molar-refractivity contribution in [2.45, 2.75) is 23.3 Å². The molecule has 0 aliphatic heterocycles. The molecule has 0 aliphatic carbocycles. The summed E-state index contributed by atoms with van der Waals surface area (Å²) in [6.07, 6.45) is -7.61. The van der Waals surface area contributed by atoms with E-state index in [1.54, 1.807) is 0 Å². The Morgan fingerprint density at radius 1 is 0.474 bits per heavy atom. The molecule has 0 aromatic rings. The number of hydrogen-bond donors (Lipinski definition) is 0. The van der Waals surface area contributed by atoms with Gasteiger partial charge in [-0.1, -0.05) is 19.4 Å². The van der Waals surface area contributed by atoms with Crippen LogP contribution >= 0.6 is 10.2 Å². The maximum absolute atomic E-state index is 12.7. The minimum absolute atomic E-state index is 7.61. The zero-order chi connectivity index (χ0) is 16.4. The lowest BCUT2D eigenvalue weighted by atomic mass is 10.1. The van der Waals surface area contributed by atoms with Crippen LogP contribution in [0.4, 0.5) is 58.9 Å². The predicted octanol–water partition coefficient (Wildman–Crippen LogP) is 5.71. The summed E-state index contributed by atoms with van der Waals surface area (Å²) in [5, 5.41) is -8.87. The molecule has 0 aromatic carbocycles. The van der Waals surface area contributed by atoms with Crippen LogP contribution in [0.2, 0.25) is 0 Å². The minimum atomic E-state index is -12.7. The fourth-order valence-corrected chi connectivity index (χ4v) is 1.22. The highest BCUT2D eigenvalue weighted by Gasteiger charge is 2.98. The van der Waals surface area contributed by atoms with Gasteiger partial charge in [-0.3, -0.25) is 0 Å². The van der Waals surface area contributed by atoms with Gasteiger partial charge < -0.3 is 0 Å². The predicted molar refractivity (Wildman–Crippen MR) is 34.0 cm³/mol. The van der Waals surface area contributed by atoms with Crippen LogP contribution in [0.5, 0.6) is 0 Å². The summed E-state index contributed by atoms with van der Waals surface area (Å²) in [5.41, 5.74) is 0. The van der Waals surface area contributed by atoms with Gasteiger partial charge in [-0.05, 0) is 0 Å². The van der Waals surface area contributed by atoms with E-state index in [-0.39, 0.29) is 0 Å². The molecule has 19 heavy (non-hydrogen) atoms. The van der Waals surface area contributed by atoms with Gasteiger partial charge in [0.1, 0.15) is 0 Å². The van der Waals surface area contributed by atoms with Crippen LogP contribution in [0.25, 0.3) is 0 Å². The number of alkyl halides is 9. The molecule has 0 N–H and O–H groups in total. The largest absolute Gasteiger partial charge is 0.460 e. The number of rotatable bonds is 3. The number of halogens is 14. The molecule has 15 heteroatoms. The Morgan fingerprint density at radius 2 is 0.737 bits per heavy atom. The van der Waals surface area contributed by atoms with Gasteiger partial charge in [0.15, 0.2) is 0 Å². The molecule has 0 bridgehead atoms. The van der Waals surface area contributed by atoms with Crippen LogP contribution in [0.15, 0.2) is 0 Å². The van der Waals surface area contributed by atoms with E-state index in [9.17, 15) is 58.9 Å². The third-order valence-electron chi connectivity index (χ3n) is 1.60. The Morgan fingerprint density at radius 3 is 0.895 bits per heavy atom. The molecule has 0 aliphatic rings. The molecule has 120 valence electrons. The van der Waals surface area contributed by atoms with Gasteiger partial charge in [0.25, 0.3) is 0 Å². The van der Waals surface area contributed by atoms with E-state index >= 15 is 0 Å². The van der Waals surface area contributed by atoms with E-state index in [0.717, 1.165) is 0 Å². The fraction of sp³-hybridized carbons (Fsp3) is 1.00. The average Bonchev–Trinajstić information content (AvgIpc) is 1.95. The molecule has 0 aromatic heterocycles. The van der Waals surface area contributed by atoms with Crippen LogP contribution in [-0.2, 0) is 0 Å². The van der Waals surface area contributed by atoms with Crippen molar-refractivity contribution in [3.05, 3.63) is 0 Å². The van der Waals surface area contributed by atoms with Crippen LogP contribution in [0.1, 0.15) is 0 Å². The van der Waals surface area contributed by atoms with E-state index in [2.05, 4.69) is 0 Å². The van der Waals surface area contributed by atoms with Crippen LogP contribution in [0, 0.1) is 0 Å². The molecule has 0 saturated heterocycles. The highest BCUT2D eigenvalue weighted by atomic mass is 32.5. The minimum Gasteiger partial charge on any atom is -0.191 e. The molecule has 0 rings (SSSR count). The standard InChI is InChI=1S/C4F14S/c5-1(6,3(9,10)11)2(7,8)4(12,13)19(14,15,16,17)18. The second-order valence-corrected chi connectivity index (χ2v) is 5.58. The van der Waals surface area contributed by atoms with E-state index in [0.29, 0.717) is 0 Å². The molecule has 0 fully saturated rings. The van der Waals surface area contributed by atoms with Crippen LogP contribution < -0.4 is 0 Å². The quantitative estimate of drug-likeness (QED) is 0.574. The van der Waals surface area contributed by atoms with E-state index in [1.807, 2.05) is 0 Å². The fourth-order valence-electron chi connectivity index (χ4n) is 0.603. The second kappa shape index (κ2) is 3.16. The van der Waals surface area contributed by atoms with Crippen molar-refractivity contribution in [3.63, 3.8) is 0 Å². The van der Waals surface area contributed by atoms with E-state index < -0.39 is 33.5 Å². The molecule has 0 saturated carbocycles. The Kier molecular flexibility index (Phi) is 3.06. The monoisotopic (exact) mass is 346 g/mol. The molecule has 0 radical (unpaired) electrons. The van der Waals surface area contributed by atoms with Crippen molar-refractivity contribution < 1.29 is 58.9 Å². The highest BCUT2D eigenvalue weighted by Crippen LogP contribution is 3.06. The molecular weight excluding hydrogens is 346 g/mol. The van der Waals surface area contributed by atoms with Gasteiger partial charge in [0, 0.05) is 0 Å². The maximum Gasteiger partial charge on any atom is 0.460 e. The van der Waals surface area contributed by atoms with Gasteiger partial charge in [0.2, 0.25) is 0 Å². The van der Waals surface area contributed by atoms with Gasteiger partial charge in [-0.2, -0.15) is 39.5 Å². The Hall–Kier alpha value is -0.630. The summed E-state index contributed by atoms with van der Waals surface area (Å²) in [4.78, 5) is 0. The lowest BCUT2D eigenvalue weighted by molar-refractivity contribution is -0.385. The third kappa shape index (κ3) is 2.40. The molecule has 0 atom stereocenters. The van der Waals surface area contributed by atoms with Gasteiger partial charge >= 0.3 is 33.5 Å². The van der Waals surface area contributed by atoms with Crippen molar-refractivity contribution in [2.75, 3.05) is 0 Å². The third-order valence-corrected chi connectivity index (χ3v) is 2.83. The van der Waals surface area contributed by atoms with Gasteiger partial charge in [-0.25, -0.2) is 0 Å². The second-order valence-electron chi connectivity index (χ2n) is 3.13. The summed E-state index contributed by atoms with van der Waals surface area (Å²) in [6.45, 7) is 0. The first-order chi connectivity index (χ1) is 7.50. The Balaban J connectivity index is 6.26. The Labute approximate surface area is 93.6 Å². The van der Waals surface area contributed by atoms with E-state index in [4.69, 9.17) is 0 Å². The van der Waals surface area contributed by atoms with Gasteiger partial charge in [-0.15, -0.1) is 0 Å². The number of hydrogen-bond acceptors (Lipinski definition) is 0. The summed E-state index contributed by atoms with van der Waals surface area (Å²) in [6, 6.07) is 0.